The van der Waals surface area contributed by atoms with Gasteiger partial charge >= 0.3 is 6.09 Å². The Morgan fingerprint density at radius 3 is 2.24 bits per heavy atom. The third-order valence-electron chi connectivity index (χ3n) is 3.96. The molecule has 2 N–H and O–H groups in total. The van der Waals surface area contributed by atoms with Crippen LogP contribution in [0.3, 0.4) is 0 Å². The van der Waals surface area contributed by atoms with E-state index in [0.29, 0.717) is 19.8 Å². The van der Waals surface area contributed by atoms with Gasteiger partial charge in [0, 0.05) is 6.54 Å². The van der Waals surface area contributed by atoms with Gasteiger partial charge in [-0.05, 0) is 44.4 Å². The van der Waals surface area contributed by atoms with Crippen molar-refractivity contribution in [3.05, 3.63) is 71.3 Å². The van der Waals surface area contributed by atoms with Gasteiger partial charge in [-0.3, -0.25) is 4.79 Å². The highest BCUT2D eigenvalue weighted by Gasteiger charge is 2.20. The average Bonchev–Trinajstić information content (AvgIpc) is 2.65. The number of carbonyl (C=O) groups excluding carboxylic acids is 2. The highest BCUT2D eigenvalue weighted by molar-refractivity contribution is 5.85. The number of ether oxygens (including phenoxy) is 2. The lowest BCUT2D eigenvalue weighted by atomic mass is 10.1. The van der Waals surface area contributed by atoms with E-state index in [4.69, 9.17) is 9.47 Å². The topological polar surface area (TPSA) is 76.7 Å². The summed E-state index contributed by atoms with van der Waals surface area (Å²) >= 11 is 0. The molecule has 0 aromatic heterocycles. The lowest BCUT2D eigenvalue weighted by Crippen LogP contribution is -2.46. The zero-order valence-corrected chi connectivity index (χ0v) is 17.5. The van der Waals surface area contributed by atoms with E-state index in [-0.39, 0.29) is 5.91 Å². The molecule has 1 atom stereocenters. The first-order valence-electron chi connectivity index (χ1n) is 9.69. The minimum atomic E-state index is -0.692. The molecule has 0 aliphatic rings. The van der Waals surface area contributed by atoms with E-state index in [2.05, 4.69) is 10.6 Å². The number of hydrogen-bond donors (Lipinski definition) is 2. The van der Waals surface area contributed by atoms with Gasteiger partial charge in [-0.1, -0.05) is 54.6 Å². The van der Waals surface area contributed by atoms with Gasteiger partial charge < -0.3 is 20.1 Å². The fraction of sp³-hybridized carbons (Fsp3) is 0.391. The molecule has 0 spiro atoms. The molecule has 0 saturated heterocycles. The predicted octanol–water partition coefficient (Wildman–Crippen LogP) is 3.93. The molecule has 0 saturated carbocycles. The van der Waals surface area contributed by atoms with Crippen molar-refractivity contribution >= 4 is 12.0 Å². The number of hydrogen-bond acceptors (Lipinski definition) is 4. The molecule has 0 radical (unpaired) electrons. The van der Waals surface area contributed by atoms with E-state index >= 15 is 0 Å². The summed E-state index contributed by atoms with van der Waals surface area (Å²) in [5.74, 6) is -0.276. The van der Waals surface area contributed by atoms with Gasteiger partial charge in [0.05, 0.1) is 13.2 Å². The fourth-order valence-electron chi connectivity index (χ4n) is 2.58. The van der Waals surface area contributed by atoms with Crippen LogP contribution in [0.15, 0.2) is 54.6 Å². The van der Waals surface area contributed by atoms with Crippen molar-refractivity contribution in [1.82, 2.24) is 10.6 Å². The molecule has 6 nitrogen and oxygen atoms in total. The smallest absolute Gasteiger partial charge is 0.408 e. The number of nitrogens with one attached hydrogen (secondary N) is 2. The maximum Gasteiger partial charge on any atom is 0.408 e. The Kier molecular flexibility index (Phi) is 8.21. The van der Waals surface area contributed by atoms with Gasteiger partial charge in [0.15, 0.2) is 0 Å². The first-order valence-corrected chi connectivity index (χ1v) is 9.69. The number of benzene rings is 2. The first kappa shape index (κ1) is 22.4. The number of rotatable bonds is 8. The number of carbonyl (C=O) groups is 2. The van der Waals surface area contributed by atoms with E-state index in [9.17, 15) is 9.59 Å². The van der Waals surface area contributed by atoms with Crippen molar-refractivity contribution < 1.29 is 19.1 Å². The van der Waals surface area contributed by atoms with Crippen LogP contribution in [0, 0.1) is 0 Å². The van der Waals surface area contributed by atoms with Crippen LogP contribution < -0.4 is 10.6 Å². The predicted molar refractivity (Wildman–Crippen MR) is 112 cm³/mol. The summed E-state index contributed by atoms with van der Waals surface area (Å²) in [5, 5.41) is 5.36. The lowest BCUT2D eigenvalue weighted by molar-refractivity contribution is -0.122. The molecule has 0 unspecified atom stereocenters. The van der Waals surface area contributed by atoms with Crippen LogP contribution in [-0.4, -0.2) is 23.6 Å². The molecular weight excluding hydrogens is 368 g/mol. The molecular formula is C23H30N2O4. The van der Waals surface area contributed by atoms with Crippen LogP contribution in [0.25, 0.3) is 0 Å². The molecule has 2 aromatic carbocycles. The SMILES string of the molecule is C[C@@H](NC(=O)OC(C)(C)C)C(=O)NCc1cccc(COCc2ccccc2)c1. The van der Waals surface area contributed by atoms with Crippen LogP contribution in [0.5, 0.6) is 0 Å². The van der Waals surface area contributed by atoms with E-state index < -0.39 is 17.7 Å². The largest absolute Gasteiger partial charge is 0.444 e. The van der Waals surface area contributed by atoms with Crippen LogP contribution in [0.4, 0.5) is 4.79 Å². The minimum Gasteiger partial charge on any atom is -0.444 e. The Labute approximate surface area is 172 Å². The van der Waals surface area contributed by atoms with E-state index in [0.717, 1.165) is 16.7 Å². The van der Waals surface area contributed by atoms with Crippen LogP contribution in [0.1, 0.15) is 44.4 Å². The Balaban J connectivity index is 1.77. The maximum absolute atomic E-state index is 12.2. The molecule has 6 heteroatoms. The zero-order chi connectivity index (χ0) is 21.3. The molecule has 0 fully saturated rings. The molecule has 0 heterocycles. The average molecular weight is 399 g/mol. The molecule has 2 aromatic rings. The molecule has 0 aliphatic heterocycles. The molecule has 2 amide bonds. The lowest BCUT2D eigenvalue weighted by Gasteiger charge is -2.21. The summed E-state index contributed by atoms with van der Waals surface area (Å²) in [5.41, 5.74) is 2.52. The van der Waals surface area contributed by atoms with Gasteiger partial charge in [-0.2, -0.15) is 0 Å². The standard InChI is InChI=1S/C23H30N2O4/c1-17(25-22(27)29-23(2,3)4)21(26)24-14-19-11-8-12-20(13-19)16-28-15-18-9-6-5-7-10-18/h5-13,17H,14-16H2,1-4H3,(H,24,26)(H,25,27)/t17-/m1/s1. The summed E-state index contributed by atoms with van der Waals surface area (Å²) in [6, 6.07) is 17.2. The summed E-state index contributed by atoms with van der Waals surface area (Å²) < 4.78 is 10.9. The summed E-state index contributed by atoms with van der Waals surface area (Å²) in [7, 11) is 0. The Morgan fingerprint density at radius 1 is 0.931 bits per heavy atom. The van der Waals surface area contributed by atoms with Gasteiger partial charge in [0.2, 0.25) is 5.91 Å². The highest BCUT2D eigenvalue weighted by atomic mass is 16.6. The Bertz CT molecular complexity index is 800. The molecule has 29 heavy (non-hydrogen) atoms. The van der Waals surface area contributed by atoms with Gasteiger partial charge in [0.25, 0.3) is 0 Å². The van der Waals surface area contributed by atoms with Gasteiger partial charge in [-0.15, -0.1) is 0 Å². The van der Waals surface area contributed by atoms with Crippen molar-refractivity contribution in [3.63, 3.8) is 0 Å². The highest BCUT2D eigenvalue weighted by Crippen LogP contribution is 2.09. The third kappa shape index (κ3) is 8.79. The van der Waals surface area contributed by atoms with Crippen molar-refractivity contribution in [2.24, 2.45) is 0 Å². The van der Waals surface area contributed by atoms with Crippen molar-refractivity contribution in [2.75, 3.05) is 0 Å². The van der Waals surface area contributed by atoms with Crippen LogP contribution >= 0.6 is 0 Å². The van der Waals surface area contributed by atoms with Gasteiger partial charge in [0.1, 0.15) is 11.6 Å². The van der Waals surface area contributed by atoms with Crippen LogP contribution in [0.2, 0.25) is 0 Å². The fourth-order valence-corrected chi connectivity index (χ4v) is 2.58. The van der Waals surface area contributed by atoms with Gasteiger partial charge in [-0.25, -0.2) is 4.79 Å². The van der Waals surface area contributed by atoms with E-state index in [1.807, 2.05) is 54.6 Å². The molecule has 0 aliphatic carbocycles. The number of alkyl carbamates (subject to hydrolysis) is 1. The van der Waals surface area contributed by atoms with Crippen molar-refractivity contribution in [2.45, 2.75) is 59.1 Å². The van der Waals surface area contributed by atoms with Crippen molar-refractivity contribution in [1.29, 1.82) is 0 Å². The Hall–Kier alpha value is -2.86. The monoisotopic (exact) mass is 398 g/mol. The van der Waals surface area contributed by atoms with Crippen molar-refractivity contribution in [3.8, 4) is 0 Å². The second kappa shape index (κ2) is 10.6. The molecule has 156 valence electrons. The van der Waals surface area contributed by atoms with E-state index in [1.165, 1.54) is 0 Å². The summed E-state index contributed by atoms with van der Waals surface area (Å²) in [4.78, 5) is 24.0. The zero-order valence-electron chi connectivity index (χ0n) is 17.5. The van der Waals surface area contributed by atoms with E-state index in [1.54, 1.807) is 27.7 Å². The first-order chi connectivity index (χ1) is 13.7. The third-order valence-corrected chi connectivity index (χ3v) is 3.96. The minimum absolute atomic E-state index is 0.276. The second-order valence-electron chi connectivity index (χ2n) is 7.88. The Morgan fingerprint density at radius 2 is 1.55 bits per heavy atom. The maximum atomic E-state index is 12.2. The van der Waals surface area contributed by atoms with Crippen LogP contribution in [-0.2, 0) is 34.0 Å². The summed E-state index contributed by atoms with van der Waals surface area (Å²) in [6.45, 7) is 8.34. The quantitative estimate of drug-likeness (QED) is 0.706. The molecule has 2 rings (SSSR count). The summed E-state index contributed by atoms with van der Waals surface area (Å²) in [6.07, 6.45) is -0.613. The number of amides is 2. The molecule has 0 bridgehead atoms. The normalized spacial score (nSPS) is 12.1. The second-order valence-corrected chi connectivity index (χ2v) is 7.88.